The maximum atomic E-state index is 12.2. The number of carbonyl (C=O) groups is 2. The van der Waals surface area contributed by atoms with Crippen LogP contribution < -0.4 is 5.32 Å². The van der Waals surface area contributed by atoms with Crippen LogP contribution in [0.1, 0.15) is 41.8 Å². The lowest BCUT2D eigenvalue weighted by Crippen LogP contribution is -2.23. The van der Waals surface area contributed by atoms with Gasteiger partial charge in [0.05, 0.1) is 12.2 Å². The topological polar surface area (TPSA) is 97.6 Å². The zero-order valence-corrected chi connectivity index (χ0v) is 16.1. The summed E-state index contributed by atoms with van der Waals surface area (Å²) in [6.45, 7) is 3.88. The van der Waals surface area contributed by atoms with Gasteiger partial charge in [-0.05, 0) is 44.2 Å². The van der Waals surface area contributed by atoms with Gasteiger partial charge in [-0.25, -0.2) is 4.79 Å². The number of amides is 1. The van der Waals surface area contributed by atoms with Crippen molar-refractivity contribution in [1.29, 1.82) is 0 Å². The average Bonchev–Trinajstić information content (AvgIpc) is 3.16. The lowest BCUT2D eigenvalue weighted by atomic mass is 10.1. The first-order valence-corrected chi connectivity index (χ1v) is 9.32. The maximum absolute atomic E-state index is 12.2. The second kappa shape index (κ2) is 9.27. The minimum Gasteiger partial charge on any atom is -0.462 e. The molecule has 8 nitrogen and oxygen atoms in total. The lowest BCUT2D eigenvalue weighted by molar-refractivity contribution is -0.116. The number of rotatable bonds is 7. The standard InChI is InChI=1S/C20H24N4O4/c1-3-27-20(26)15-5-4-6-16(13-15)21-17(25)7-8-18-22-19(23-28-18)14-9-11-24(2)12-10-14/h4-6,9,13H,3,7-8,10-12H2,1-2H3,(H,21,25). The number of benzene rings is 1. The van der Waals surface area contributed by atoms with Gasteiger partial charge < -0.3 is 19.5 Å². The zero-order valence-electron chi connectivity index (χ0n) is 16.1. The van der Waals surface area contributed by atoms with E-state index in [-0.39, 0.29) is 12.3 Å². The van der Waals surface area contributed by atoms with Gasteiger partial charge in [-0.1, -0.05) is 17.3 Å². The first-order chi connectivity index (χ1) is 13.5. The van der Waals surface area contributed by atoms with E-state index in [1.54, 1.807) is 31.2 Å². The van der Waals surface area contributed by atoms with Crippen molar-refractivity contribution in [3.05, 3.63) is 47.6 Å². The van der Waals surface area contributed by atoms with E-state index >= 15 is 0 Å². The van der Waals surface area contributed by atoms with Crippen LogP contribution in [-0.2, 0) is 16.0 Å². The quantitative estimate of drug-likeness (QED) is 0.733. The summed E-state index contributed by atoms with van der Waals surface area (Å²) in [7, 11) is 2.07. The summed E-state index contributed by atoms with van der Waals surface area (Å²) in [5.74, 6) is 0.426. The molecule has 148 valence electrons. The summed E-state index contributed by atoms with van der Waals surface area (Å²) >= 11 is 0. The molecule has 1 N–H and O–H groups in total. The maximum Gasteiger partial charge on any atom is 0.338 e. The second-order valence-electron chi connectivity index (χ2n) is 6.60. The Labute approximate surface area is 163 Å². The van der Waals surface area contributed by atoms with Gasteiger partial charge in [0.25, 0.3) is 0 Å². The van der Waals surface area contributed by atoms with Crippen LogP contribution in [0.2, 0.25) is 0 Å². The minimum absolute atomic E-state index is 0.195. The molecule has 1 aromatic heterocycles. The molecule has 0 spiro atoms. The number of hydrogen-bond acceptors (Lipinski definition) is 7. The third-order valence-electron chi connectivity index (χ3n) is 4.39. The van der Waals surface area contributed by atoms with E-state index in [0.29, 0.717) is 36.0 Å². The molecular weight excluding hydrogens is 360 g/mol. The fourth-order valence-corrected chi connectivity index (χ4v) is 2.84. The van der Waals surface area contributed by atoms with Crippen molar-refractivity contribution in [1.82, 2.24) is 15.0 Å². The molecule has 0 aliphatic carbocycles. The van der Waals surface area contributed by atoms with Crippen LogP contribution in [0.15, 0.2) is 34.9 Å². The summed E-state index contributed by atoms with van der Waals surface area (Å²) < 4.78 is 10.2. The number of aromatic nitrogens is 2. The molecule has 2 aromatic rings. The molecule has 0 radical (unpaired) electrons. The number of hydrogen-bond donors (Lipinski definition) is 1. The highest BCUT2D eigenvalue weighted by Gasteiger charge is 2.16. The average molecular weight is 384 g/mol. The minimum atomic E-state index is -0.416. The molecule has 1 aliphatic rings. The number of ether oxygens (including phenoxy) is 1. The number of anilines is 1. The fourth-order valence-electron chi connectivity index (χ4n) is 2.84. The third-order valence-corrected chi connectivity index (χ3v) is 4.39. The molecule has 0 saturated carbocycles. The Balaban J connectivity index is 1.52. The number of carbonyl (C=O) groups excluding carboxylic acids is 2. The molecule has 0 saturated heterocycles. The van der Waals surface area contributed by atoms with E-state index in [2.05, 4.69) is 33.5 Å². The van der Waals surface area contributed by atoms with Gasteiger partial charge in [0.2, 0.25) is 11.8 Å². The van der Waals surface area contributed by atoms with Gasteiger partial charge in [0.1, 0.15) is 0 Å². The number of aryl methyl sites for hydroxylation is 1. The SMILES string of the molecule is CCOC(=O)c1cccc(NC(=O)CCc2nc(C3=CCN(C)CC3)no2)c1. The van der Waals surface area contributed by atoms with E-state index in [0.717, 1.165) is 25.1 Å². The Hall–Kier alpha value is -3.00. The molecule has 8 heteroatoms. The number of nitrogens with zero attached hydrogens (tertiary/aromatic N) is 3. The number of esters is 1. The smallest absolute Gasteiger partial charge is 0.338 e. The summed E-state index contributed by atoms with van der Waals surface area (Å²) in [4.78, 5) is 30.6. The summed E-state index contributed by atoms with van der Waals surface area (Å²) in [6.07, 6.45) is 3.53. The normalized spacial score (nSPS) is 14.4. The Morgan fingerprint density at radius 1 is 1.36 bits per heavy atom. The van der Waals surface area contributed by atoms with Crippen LogP contribution in [0.25, 0.3) is 5.57 Å². The van der Waals surface area contributed by atoms with E-state index in [4.69, 9.17) is 9.26 Å². The molecule has 28 heavy (non-hydrogen) atoms. The zero-order chi connectivity index (χ0) is 19.9. The van der Waals surface area contributed by atoms with Gasteiger partial charge in [0.15, 0.2) is 5.82 Å². The first kappa shape index (κ1) is 19.8. The molecule has 0 atom stereocenters. The predicted molar refractivity (Wildman–Crippen MR) is 104 cm³/mol. The van der Waals surface area contributed by atoms with Crippen LogP contribution in [0, 0.1) is 0 Å². The lowest BCUT2D eigenvalue weighted by Gasteiger charge is -2.19. The molecule has 1 amide bonds. The van der Waals surface area contributed by atoms with Gasteiger partial charge in [-0.15, -0.1) is 0 Å². The van der Waals surface area contributed by atoms with Crippen molar-refractivity contribution in [3.63, 3.8) is 0 Å². The van der Waals surface area contributed by atoms with Crippen LogP contribution >= 0.6 is 0 Å². The Morgan fingerprint density at radius 2 is 2.21 bits per heavy atom. The van der Waals surface area contributed by atoms with Crippen LogP contribution in [-0.4, -0.2) is 53.7 Å². The Bertz CT molecular complexity index is 875. The monoisotopic (exact) mass is 384 g/mol. The van der Waals surface area contributed by atoms with Crippen molar-refractivity contribution in [2.24, 2.45) is 0 Å². The van der Waals surface area contributed by atoms with Crippen LogP contribution in [0.3, 0.4) is 0 Å². The van der Waals surface area contributed by atoms with E-state index < -0.39 is 5.97 Å². The van der Waals surface area contributed by atoms with Crippen LogP contribution in [0.4, 0.5) is 5.69 Å². The number of likely N-dealkylation sites (N-methyl/N-ethyl adjacent to an activating group) is 1. The highest BCUT2D eigenvalue weighted by atomic mass is 16.5. The third kappa shape index (κ3) is 5.26. The predicted octanol–water partition coefficient (Wildman–Crippen LogP) is 2.54. The molecule has 1 aromatic carbocycles. The molecule has 0 unspecified atom stereocenters. The van der Waals surface area contributed by atoms with Crippen molar-refractivity contribution < 1.29 is 18.8 Å². The van der Waals surface area contributed by atoms with Crippen molar-refractivity contribution in [2.75, 3.05) is 32.1 Å². The summed E-state index contributed by atoms with van der Waals surface area (Å²) in [5.41, 5.74) is 2.01. The van der Waals surface area contributed by atoms with Crippen molar-refractivity contribution in [2.45, 2.75) is 26.2 Å². The van der Waals surface area contributed by atoms with E-state index in [9.17, 15) is 9.59 Å². The summed E-state index contributed by atoms with van der Waals surface area (Å²) in [6, 6.07) is 6.65. The van der Waals surface area contributed by atoms with E-state index in [1.807, 2.05) is 0 Å². The second-order valence-corrected chi connectivity index (χ2v) is 6.60. The molecule has 1 aliphatic heterocycles. The number of nitrogens with one attached hydrogen (secondary N) is 1. The molecule has 2 heterocycles. The molecule has 3 rings (SSSR count). The highest BCUT2D eigenvalue weighted by molar-refractivity contribution is 5.94. The van der Waals surface area contributed by atoms with Gasteiger partial charge in [0, 0.05) is 31.6 Å². The largest absolute Gasteiger partial charge is 0.462 e. The van der Waals surface area contributed by atoms with Crippen molar-refractivity contribution >= 4 is 23.1 Å². The highest BCUT2D eigenvalue weighted by Crippen LogP contribution is 2.19. The van der Waals surface area contributed by atoms with Crippen LogP contribution in [0.5, 0.6) is 0 Å². The van der Waals surface area contributed by atoms with Gasteiger partial charge in [-0.2, -0.15) is 4.98 Å². The molecular formula is C20H24N4O4. The summed E-state index contributed by atoms with van der Waals surface area (Å²) in [5, 5.41) is 6.79. The van der Waals surface area contributed by atoms with E-state index in [1.165, 1.54) is 0 Å². The Kier molecular flexibility index (Phi) is 6.54. The van der Waals surface area contributed by atoms with Crippen molar-refractivity contribution in [3.8, 4) is 0 Å². The van der Waals surface area contributed by atoms with Gasteiger partial charge >= 0.3 is 5.97 Å². The van der Waals surface area contributed by atoms with Gasteiger partial charge in [-0.3, -0.25) is 4.79 Å². The molecule has 0 bridgehead atoms. The molecule has 0 fully saturated rings. The Morgan fingerprint density at radius 3 is 2.96 bits per heavy atom. The first-order valence-electron chi connectivity index (χ1n) is 9.32. The fraction of sp³-hybridized carbons (Fsp3) is 0.400.